The first kappa shape index (κ1) is 9.25. The van der Waals surface area contributed by atoms with Crippen molar-refractivity contribution >= 4 is 11.9 Å². The van der Waals surface area contributed by atoms with E-state index in [9.17, 15) is 4.79 Å². The van der Waals surface area contributed by atoms with E-state index in [1.54, 1.807) is 6.26 Å². The Balaban J connectivity index is 2.21. The predicted octanol–water partition coefficient (Wildman–Crippen LogP) is 3.05. The van der Waals surface area contributed by atoms with Crippen LogP contribution in [0.1, 0.15) is 31.9 Å². The van der Waals surface area contributed by atoms with Gasteiger partial charge in [-0.15, -0.1) is 0 Å². The van der Waals surface area contributed by atoms with Crippen molar-refractivity contribution in [1.29, 1.82) is 0 Å². The van der Waals surface area contributed by atoms with Crippen LogP contribution in [-0.2, 0) is 4.79 Å². The van der Waals surface area contributed by atoms with Crippen molar-refractivity contribution in [1.82, 2.24) is 0 Å². The fraction of sp³-hybridized carbons (Fsp3) is 0.417. The van der Waals surface area contributed by atoms with Gasteiger partial charge in [0.1, 0.15) is 5.76 Å². The van der Waals surface area contributed by atoms with Crippen LogP contribution >= 0.6 is 0 Å². The average Bonchev–Trinajstić information content (AvgIpc) is 2.66. The molecule has 1 unspecified atom stereocenters. The Kier molecular flexibility index (Phi) is 2.53. The van der Waals surface area contributed by atoms with E-state index >= 15 is 0 Å². The summed E-state index contributed by atoms with van der Waals surface area (Å²) in [5, 5.41) is 0. The largest absolute Gasteiger partial charge is 0.465 e. The molecule has 1 saturated carbocycles. The molecule has 0 saturated heterocycles. The lowest BCUT2D eigenvalue weighted by molar-refractivity contribution is -0.119. The smallest absolute Gasteiger partial charge is 0.161 e. The van der Waals surface area contributed by atoms with Gasteiger partial charge in [-0.2, -0.15) is 0 Å². The lowest BCUT2D eigenvalue weighted by Gasteiger charge is -2.18. The fourth-order valence-corrected chi connectivity index (χ4v) is 1.86. The molecule has 0 radical (unpaired) electrons. The molecule has 1 aromatic rings. The van der Waals surface area contributed by atoms with Gasteiger partial charge >= 0.3 is 0 Å². The number of allylic oxidation sites excluding steroid dienone is 1. The number of hydrogen-bond donors (Lipinski definition) is 0. The molecular formula is C12H14O2. The molecule has 2 nitrogen and oxygen atoms in total. The highest BCUT2D eigenvalue weighted by Crippen LogP contribution is 2.26. The van der Waals surface area contributed by atoms with Gasteiger partial charge in [-0.05, 0) is 43.0 Å². The molecule has 14 heavy (non-hydrogen) atoms. The van der Waals surface area contributed by atoms with Gasteiger partial charge in [0.25, 0.3) is 0 Å². The zero-order chi connectivity index (χ0) is 9.97. The molecule has 2 rings (SSSR count). The summed E-state index contributed by atoms with van der Waals surface area (Å²) in [6, 6.07) is 3.71. The van der Waals surface area contributed by atoms with E-state index in [-0.39, 0.29) is 11.7 Å². The van der Waals surface area contributed by atoms with Crippen LogP contribution in [0.15, 0.2) is 28.4 Å². The van der Waals surface area contributed by atoms with Crippen LogP contribution in [0, 0.1) is 5.92 Å². The van der Waals surface area contributed by atoms with Crippen molar-refractivity contribution in [3.05, 3.63) is 29.7 Å². The number of furan rings is 1. The second kappa shape index (κ2) is 3.82. The van der Waals surface area contributed by atoms with E-state index in [1.165, 1.54) is 0 Å². The molecule has 1 heterocycles. The summed E-state index contributed by atoms with van der Waals surface area (Å²) in [5.41, 5.74) is 0.915. The van der Waals surface area contributed by atoms with Gasteiger partial charge in [0.2, 0.25) is 0 Å². The van der Waals surface area contributed by atoms with Crippen LogP contribution in [0.25, 0.3) is 6.08 Å². The van der Waals surface area contributed by atoms with Crippen LogP contribution in [-0.4, -0.2) is 5.78 Å². The molecule has 1 aliphatic carbocycles. The van der Waals surface area contributed by atoms with Gasteiger partial charge < -0.3 is 4.42 Å². The standard InChI is InChI=1S/C12H14O2/c1-9-4-2-5-10(12(9)13)8-11-6-3-7-14-11/h3,6-9H,2,4-5H2,1H3. The Labute approximate surface area is 83.6 Å². The third kappa shape index (κ3) is 1.79. The second-order valence-electron chi connectivity index (χ2n) is 3.84. The van der Waals surface area contributed by atoms with Crippen molar-refractivity contribution in [2.45, 2.75) is 26.2 Å². The van der Waals surface area contributed by atoms with Crippen LogP contribution < -0.4 is 0 Å². The summed E-state index contributed by atoms with van der Waals surface area (Å²) in [6.07, 6.45) is 6.53. The summed E-state index contributed by atoms with van der Waals surface area (Å²) in [7, 11) is 0. The molecule has 1 atom stereocenters. The summed E-state index contributed by atoms with van der Waals surface area (Å²) in [5.74, 6) is 1.25. The molecule has 0 spiro atoms. The summed E-state index contributed by atoms with van der Waals surface area (Å²) >= 11 is 0. The first-order chi connectivity index (χ1) is 6.77. The number of hydrogen-bond acceptors (Lipinski definition) is 2. The number of Topliss-reactive ketones (excluding diaryl/α,β-unsaturated/α-hetero) is 1. The van der Waals surface area contributed by atoms with Gasteiger partial charge in [-0.3, -0.25) is 4.79 Å². The van der Waals surface area contributed by atoms with Crippen molar-refractivity contribution in [3.8, 4) is 0 Å². The van der Waals surface area contributed by atoms with E-state index < -0.39 is 0 Å². The van der Waals surface area contributed by atoms with Gasteiger partial charge in [0.05, 0.1) is 6.26 Å². The van der Waals surface area contributed by atoms with E-state index in [1.807, 2.05) is 25.1 Å². The highest BCUT2D eigenvalue weighted by molar-refractivity contribution is 6.01. The highest BCUT2D eigenvalue weighted by Gasteiger charge is 2.22. The summed E-state index contributed by atoms with van der Waals surface area (Å²) in [4.78, 5) is 11.7. The zero-order valence-corrected chi connectivity index (χ0v) is 8.32. The zero-order valence-electron chi connectivity index (χ0n) is 8.32. The van der Waals surface area contributed by atoms with Crippen LogP contribution in [0.5, 0.6) is 0 Å². The fourth-order valence-electron chi connectivity index (χ4n) is 1.86. The third-order valence-electron chi connectivity index (χ3n) is 2.71. The normalized spacial score (nSPS) is 25.6. The predicted molar refractivity (Wildman–Crippen MR) is 54.7 cm³/mol. The topological polar surface area (TPSA) is 30.2 Å². The maximum atomic E-state index is 11.7. The van der Waals surface area contributed by atoms with Gasteiger partial charge in [-0.25, -0.2) is 0 Å². The Morgan fingerprint density at radius 3 is 3.14 bits per heavy atom. The SMILES string of the molecule is CC1CCCC(=Cc2ccco2)C1=O. The van der Waals surface area contributed by atoms with Crippen molar-refractivity contribution in [2.24, 2.45) is 5.92 Å². The Morgan fingerprint density at radius 1 is 1.57 bits per heavy atom. The first-order valence-corrected chi connectivity index (χ1v) is 5.05. The molecular weight excluding hydrogens is 176 g/mol. The Morgan fingerprint density at radius 2 is 2.43 bits per heavy atom. The third-order valence-corrected chi connectivity index (χ3v) is 2.71. The number of rotatable bonds is 1. The molecule has 1 fully saturated rings. The lowest BCUT2D eigenvalue weighted by atomic mass is 9.85. The van der Waals surface area contributed by atoms with Crippen molar-refractivity contribution < 1.29 is 9.21 Å². The van der Waals surface area contributed by atoms with Crippen LogP contribution in [0.4, 0.5) is 0 Å². The minimum atomic E-state index is 0.185. The molecule has 74 valence electrons. The quantitative estimate of drug-likeness (QED) is 0.637. The number of carbonyl (C=O) groups is 1. The van der Waals surface area contributed by atoms with Gasteiger partial charge in [0.15, 0.2) is 5.78 Å². The molecule has 2 heteroatoms. The number of ketones is 1. The monoisotopic (exact) mass is 190 g/mol. The van der Waals surface area contributed by atoms with Gasteiger partial charge in [-0.1, -0.05) is 6.92 Å². The minimum Gasteiger partial charge on any atom is -0.465 e. The van der Waals surface area contributed by atoms with E-state index in [0.29, 0.717) is 0 Å². The first-order valence-electron chi connectivity index (χ1n) is 5.05. The molecule has 0 aliphatic heterocycles. The second-order valence-corrected chi connectivity index (χ2v) is 3.84. The van der Waals surface area contributed by atoms with E-state index in [0.717, 1.165) is 30.6 Å². The minimum absolute atomic E-state index is 0.185. The Hall–Kier alpha value is -1.31. The van der Waals surface area contributed by atoms with Gasteiger partial charge in [0, 0.05) is 5.92 Å². The molecule has 0 N–H and O–H groups in total. The number of carbonyl (C=O) groups excluding carboxylic acids is 1. The van der Waals surface area contributed by atoms with Crippen molar-refractivity contribution in [3.63, 3.8) is 0 Å². The highest BCUT2D eigenvalue weighted by atomic mass is 16.3. The lowest BCUT2D eigenvalue weighted by Crippen LogP contribution is -2.18. The molecule has 0 aromatic carbocycles. The average molecular weight is 190 g/mol. The molecule has 0 amide bonds. The molecule has 1 aromatic heterocycles. The van der Waals surface area contributed by atoms with Crippen LogP contribution in [0.3, 0.4) is 0 Å². The Bertz CT molecular complexity index is 346. The summed E-state index contributed by atoms with van der Waals surface area (Å²) < 4.78 is 5.19. The maximum absolute atomic E-state index is 11.7. The maximum Gasteiger partial charge on any atom is 0.161 e. The van der Waals surface area contributed by atoms with E-state index in [4.69, 9.17) is 4.42 Å². The molecule has 0 bridgehead atoms. The van der Waals surface area contributed by atoms with Crippen LogP contribution in [0.2, 0.25) is 0 Å². The summed E-state index contributed by atoms with van der Waals surface area (Å²) in [6.45, 7) is 2.00. The van der Waals surface area contributed by atoms with E-state index in [2.05, 4.69) is 0 Å². The van der Waals surface area contributed by atoms with Crippen molar-refractivity contribution in [2.75, 3.05) is 0 Å². The molecule has 1 aliphatic rings.